The zero-order chi connectivity index (χ0) is 16.4. The maximum atomic E-state index is 5.86. The summed E-state index contributed by atoms with van der Waals surface area (Å²) < 4.78 is 10.3. The number of nitrogens with one attached hydrogen (secondary N) is 1. The number of hydrogen-bond donors (Lipinski definition) is 1. The first kappa shape index (κ1) is 15.7. The van der Waals surface area contributed by atoms with Gasteiger partial charge in [0, 0.05) is 22.5 Å². The average Bonchev–Trinajstić information content (AvgIpc) is 3.16. The summed E-state index contributed by atoms with van der Waals surface area (Å²) in [5.41, 5.74) is 0.965. The molecule has 0 fully saturated rings. The molecule has 0 saturated carbocycles. The Morgan fingerprint density at radius 1 is 1.17 bits per heavy atom. The predicted molar refractivity (Wildman–Crippen MR) is 92.6 cm³/mol. The molecule has 0 bridgehead atoms. The normalized spacial score (nSPS) is 13.0. The fourth-order valence-electron chi connectivity index (χ4n) is 2.06. The molecule has 0 radical (unpaired) electrons. The molecule has 0 spiro atoms. The van der Waals surface area contributed by atoms with Gasteiger partial charge in [0.2, 0.25) is 11.0 Å². The smallest absolute Gasteiger partial charge is 0.217 e. The molecule has 0 aliphatic rings. The summed E-state index contributed by atoms with van der Waals surface area (Å²) in [5.74, 6) is 2.24. The van der Waals surface area contributed by atoms with Crippen LogP contribution in [0.25, 0.3) is 11.3 Å². The number of nitrogens with zero attached hydrogens (tertiary/aromatic N) is 3. The Morgan fingerprint density at radius 3 is 2.57 bits per heavy atom. The lowest BCUT2D eigenvalue weighted by atomic mass is 9.96. The molecule has 0 aliphatic heterocycles. The zero-order valence-corrected chi connectivity index (χ0v) is 14.5. The van der Waals surface area contributed by atoms with Gasteiger partial charge in [0.1, 0.15) is 11.9 Å². The van der Waals surface area contributed by atoms with E-state index in [1.165, 1.54) is 11.5 Å². The largest absolute Gasteiger partial charge is 0.438 e. The molecule has 1 unspecified atom stereocenters. The maximum absolute atomic E-state index is 5.86. The van der Waals surface area contributed by atoms with Crippen molar-refractivity contribution in [3.8, 4) is 11.3 Å². The molecular weight excluding hydrogens is 308 g/mol. The van der Waals surface area contributed by atoms with Gasteiger partial charge in [-0.2, -0.15) is 4.37 Å². The average molecular weight is 328 g/mol. The summed E-state index contributed by atoms with van der Waals surface area (Å²) >= 11 is 1.36. The molecule has 2 heterocycles. The van der Waals surface area contributed by atoms with Crippen LogP contribution in [0.4, 0.5) is 5.13 Å². The van der Waals surface area contributed by atoms with Crippen LogP contribution in [0.1, 0.15) is 45.5 Å². The van der Waals surface area contributed by atoms with Gasteiger partial charge in [0.15, 0.2) is 5.76 Å². The summed E-state index contributed by atoms with van der Waals surface area (Å²) in [4.78, 5) is 8.91. The molecular formula is C17H20N4OS. The highest BCUT2D eigenvalue weighted by Gasteiger charge is 2.21. The number of aromatic nitrogens is 3. The summed E-state index contributed by atoms with van der Waals surface area (Å²) in [5, 5.41) is 4.08. The Kier molecular flexibility index (Phi) is 4.17. The molecule has 1 atom stereocenters. The topological polar surface area (TPSA) is 63.8 Å². The Labute approximate surface area is 140 Å². The van der Waals surface area contributed by atoms with Crippen LogP contribution in [0.3, 0.4) is 0 Å². The van der Waals surface area contributed by atoms with E-state index >= 15 is 0 Å². The second kappa shape index (κ2) is 6.12. The molecule has 1 N–H and O–H groups in total. The van der Waals surface area contributed by atoms with E-state index in [0.717, 1.165) is 22.3 Å². The number of rotatable bonds is 4. The van der Waals surface area contributed by atoms with E-state index in [4.69, 9.17) is 4.42 Å². The van der Waals surface area contributed by atoms with Crippen LogP contribution in [-0.4, -0.2) is 14.3 Å². The highest BCUT2D eigenvalue weighted by molar-refractivity contribution is 7.09. The first-order chi connectivity index (χ1) is 10.9. The van der Waals surface area contributed by atoms with Gasteiger partial charge in [-0.15, -0.1) is 0 Å². The van der Waals surface area contributed by atoms with Crippen LogP contribution in [0.2, 0.25) is 0 Å². The lowest BCUT2D eigenvalue weighted by molar-refractivity contribution is 0.485. The van der Waals surface area contributed by atoms with Crippen LogP contribution in [0, 0.1) is 0 Å². The first-order valence-electron chi connectivity index (χ1n) is 7.55. The van der Waals surface area contributed by atoms with E-state index in [2.05, 4.69) is 40.4 Å². The van der Waals surface area contributed by atoms with E-state index in [-0.39, 0.29) is 11.5 Å². The molecule has 3 rings (SSSR count). The second-order valence-electron chi connectivity index (χ2n) is 6.47. The lowest BCUT2D eigenvalue weighted by Gasteiger charge is -2.12. The van der Waals surface area contributed by atoms with Gasteiger partial charge in [-0.1, -0.05) is 51.1 Å². The molecule has 0 aliphatic carbocycles. The Balaban J connectivity index is 1.73. The van der Waals surface area contributed by atoms with Gasteiger partial charge >= 0.3 is 0 Å². The predicted octanol–water partition coefficient (Wildman–Crippen LogP) is 4.66. The highest BCUT2D eigenvalue weighted by atomic mass is 32.1. The Morgan fingerprint density at radius 2 is 1.91 bits per heavy atom. The van der Waals surface area contributed by atoms with E-state index in [9.17, 15) is 0 Å². The van der Waals surface area contributed by atoms with Gasteiger partial charge in [-0.3, -0.25) is 0 Å². The van der Waals surface area contributed by atoms with Crippen LogP contribution < -0.4 is 5.32 Å². The minimum atomic E-state index is -0.0757. The van der Waals surface area contributed by atoms with E-state index < -0.39 is 0 Å². The quantitative estimate of drug-likeness (QED) is 0.754. The van der Waals surface area contributed by atoms with Gasteiger partial charge < -0.3 is 9.73 Å². The standard InChI is InChI=1S/C17H20N4OS/c1-11(19-16-20-15(21-23-16)17(2,3)4)14-18-10-13(22-14)12-8-6-5-7-9-12/h5-11H,1-4H3,(H,19,20,21). The molecule has 0 amide bonds. The third kappa shape index (κ3) is 3.59. The van der Waals surface area contributed by atoms with Gasteiger partial charge in [-0.05, 0) is 6.92 Å². The molecule has 3 aromatic rings. The molecule has 6 heteroatoms. The fraction of sp³-hybridized carbons (Fsp3) is 0.353. The van der Waals surface area contributed by atoms with E-state index in [0.29, 0.717) is 5.89 Å². The summed E-state index contributed by atoms with van der Waals surface area (Å²) in [6.45, 7) is 8.30. The van der Waals surface area contributed by atoms with Crippen LogP contribution in [0.5, 0.6) is 0 Å². The highest BCUT2D eigenvalue weighted by Crippen LogP contribution is 2.27. The third-order valence-electron chi connectivity index (χ3n) is 3.39. The number of benzene rings is 1. The Hall–Kier alpha value is -2.21. The van der Waals surface area contributed by atoms with Crippen molar-refractivity contribution in [3.63, 3.8) is 0 Å². The Bertz CT molecular complexity index is 773. The number of anilines is 1. The van der Waals surface area contributed by atoms with Crippen molar-refractivity contribution >= 4 is 16.7 Å². The van der Waals surface area contributed by atoms with Crippen molar-refractivity contribution in [3.05, 3.63) is 48.2 Å². The third-order valence-corrected chi connectivity index (χ3v) is 4.04. The molecule has 1 aromatic carbocycles. The second-order valence-corrected chi connectivity index (χ2v) is 7.22. The van der Waals surface area contributed by atoms with Crippen LogP contribution in [0.15, 0.2) is 40.9 Å². The monoisotopic (exact) mass is 328 g/mol. The van der Waals surface area contributed by atoms with Gasteiger partial charge in [-0.25, -0.2) is 9.97 Å². The van der Waals surface area contributed by atoms with Crippen molar-refractivity contribution < 1.29 is 4.42 Å². The van der Waals surface area contributed by atoms with E-state index in [1.807, 2.05) is 37.3 Å². The summed E-state index contributed by atoms with van der Waals surface area (Å²) in [7, 11) is 0. The van der Waals surface area contributed by atoms with E-state index in [1.54, 1.807) is 6.20 Å². The summed E-state index contributed by atoms with van der Waals surface area (Å²) in [6.07, 6.45) is 1.75. The lowest BCUT2D eigenvalue weighted by Crippen LogP contribution is -2.13. The molecule has 2 aromatic heterocycles. The first-order valence-corrected chi connectivity index (χ1v) is 8.33. The number of hydrogen-bond acceptors (Lipinski definition) is 6. The molecule has 0 saturated heterocycles. The zero-order valence-electron chi connectivity index (χ0n) is 13.7. The van der Waals surface area contributed by atoms with Crippen molar-refractivity contribution in [2.45, 2.75) is 39.2 Å². The molecule has 5 nitrogen and oxygen atoms in total. The molecule has 120 valence electrons. The van der Waals surface area contributed by atoms with Crippen molar-refractivity contribution in [1.29, 1.82) is 0 Å². The number of oxazole rings is 1. The molecule has 23 heavy (non-hydrogen) atoms. The minimum Gasteiger partial charge on any atom is -0.438 e. The maximum Gasteiger partial charge on any atom is 0.217 e. The minimum absolute atomic E-state index is 0.0525. The SMILES string of the molecule is CC(Nc1nc(C(C)(C)C)ns1)c1ncc(-c2ccccc2)o1. The van der Waals surface area contributed by atoms with Crippen molar-refractivity contribution in [2.24, 2.45) is 0 Å². The summed E-state index contributed by atoms with van der Waals surface area (Å²) in [6, 6.07) is 9.87. The van der Waals surface area contributed by atoms with Crippen molar-refractivity contribution in [2.75, 3.05) is 5.32 Å². The fourth-order valence-corrected chi connectivity index (χ4v) is 2.90. The van der Waals surface area contributed by atoms with Crippen molar-refractivity contribution in [1.82, 2.24) is 14.3 Å². The van der Waals surface area contributed by atoms with Crippen LogP contribution >= 0.6 is 11.5 Å². The van der Waals surface area contributed by atoms with Gasteiger partial charge in [0.05, 0.1) is 6.20 Å². The van der Waals surface area contributed by atoms with Crippen LogP contribution in [-0.2, 0) is 5.41 Å². The van der Waals surface area contributed by atoms with Gasteiger partial charge in [0.25, 0.3) is 0 Å².